The number of hydrogen-bond acceptors (Lipinski definition) is 4. The van der Waals surface area contributed by atoms with Gasteiger partial charge in [0.15, 0.2) is 5.96 Å². The van der Waals surface area contributed by atoms with Crippen molar-refractivity contribution in [1.82, 2.24) is 15.5 Å². The zero-order chi connectivity index (χ0) is 15.8. The van der Waals surface area contributed by atoms with Crippen molar-refractivity contribution >= 4 is 17.8 Å². The number of esters is 1. The minimum atomic E-state index is -0.251. The van der Waals surface area contributed by atoms with Gasteiger partial charge in [-0.15, -0.1) is 0 Å². The second-order valence-electron chi connectivity index (χ2n) is 5.20. The largest absolute Gasteiger partial charge is 0.469 e. The molecule has 0 saturated carbocycles. The van der Waals surface area contributed by atoms with Crippen molar-refractivity contribution in [2.75, 3.05) is 33.8 Å². The normalized spacial score (nSPS) is 20.1. The maximum absolute atomic E-state index is 11.6. The Morgan fingerprint density at radius 3 is 2.76 bits per heavy atom. The highest BCUT2D eigenvalue weighted by molar-refractivity contribution is 5.81. The highest BCUT2D eigenvalue weighted by Crippen LogP contribution is 2.10. The summed E-state index contributed by atoms with van der Waals surface area (Å²) < 4.78 is 4.68. The number of nitrogens with zero attached hydrogens (tertiary/aromatic N) is 2. The first-order valence-corrected chi connectivity index (χ1v) is 7.34. The van der Waals surface area contributed by atoms with Crippen molar-refractivity contribution in [1.29, 1.82) is 0 Å². The SMILES string of the molecule is CCC(=O)N1CCC(NC(=NC)NCC(C)C(=O)OC)C1. The van der Waals surface area contributed by atoms with Gasteiger partial charge in [0, 0.05) is 39.1 Å². The van der Waals surface area contributed by atoms with Crippen molar-refractivity contribution in [2.24, 2.45) is 10.9 Å². The lowest BCUT2D eigenvalue weighted by Gasteiger charge is -2.19. The summed E-state index contributed by atoms with van der Waals surface area (Å²) in [5.74, 6) is 0.331. The molecule has 0 spiro atoms. The first kappa shape index (κ1) is 17.3. The van der Waals surface area contributed by atoms with Crippen LogP contribution >= 0.6 is 0 Å². The molecule has 2 unspecified atom stereocenters. The molecular formula is C14H26N4O3. The monoisotopic (exact) mass is 298 g/mol. The van der Waals surface area contributed by atoms with E-state index in [-0.39, 0.29) is 23.8 Å². The molecule has 0 radical (unpaired) electrons. The third-order valence-electron chi connectivity index (χ3n) is 3.59. The molecule has 0 aromatic rings. The first-order chi connectivity index (χ1) is 10.0. The van der Waals surface area contributed by atoms with Crippen LogP contribution in [0.25, 0.3) is 0 Å². The Morgan fingerprint density at radius 1 is 1.48 bits per heavy atom. The standard InChI is InChI=1S/C14H26N4O3/c1-5-12(19)18-7-6-11(9-18)17-14(15-3)16-8-10(2)13(20)21-4/h10-11H,5-9H2,1-4H3,(H2,15,16,17). The number of guanidine groups is 1. The summed E-state index contributed by atoms with van der Waals surface area (Å²) in [5, 5.41) is 6.38. The van der Waals surface area contributed by atoms with Crippen LogP contribution in [-0.2, 0) is 14.3 Å². The van der Waals surface area contributed by atoms with E-state index in [9.17, 15) is 9.59 Å². The van der Waals surface area contributed by atoms with E-state index in [2.05, 4.69) is 20.4 Å². The Kier molecular flexibility index (Phi) is 6.98. The molecule has 21 heavy (non-hydrogen) atoms. The molecule has 1 rings (SSSR count). The molecule has 1 saturated heterocycles. The summed E-state index contributed by atoms with van der Waals surface area (Å²) in [7, 11) is 3.06. The fourth-order valence-corrected chi connectivity index (χ4v) is 2.25. The van der Waals surface area contributed by atoms with Crippen LogP contribution in [0, 0.1) is 5.92 Å². The molecule has 7 heteroatoms. The molecule has 0 bridgehead atoms. The number of methoxy groups -OCH3 is 1. The first-order valence-electron chi connectivity index (χ1n) is 7.34. The number of hydrogen-bond donors (Lipinski definition) is 2. The van der Waals surface area contributed by atoms with E-state index in [1.54, 1.807) is 14.0 Å². The van der Waals surface area contributed by atoms with Crippen molar-refractivity contribution in [3.05, 3.63) is 0 Å². The van der Waals surface area contributed by atoms with Gasteiger partial charge in [0.2, 0.25) is 5.91 Å². The number of rotatable bonds is 5. The topological polar surface area (TPSA) is 83.0 Å². The van der Waals surface area contributed by atoms with Gasteiger partial charge in [0.1, 0.15) is 0 Å². The number of aliphatic imine (C=N–C) groups is 1. The predicted molar refractivity (Wildman–Crippen MR) is 81.0 cm³/mol. The molecule has 0 aromatic carbocycles. The maximum atomic E-state index is 11.6. The molecule has 1 aliphatic heterocycles. The molecule has 2 N–H and O–H groups in total. The van der Waals surface area contributed by atoms with Crippen LogP contribution in [0.3, 0.4) is 0 Å². The summed E-state index contributed by atoms with van der Waals surface area (Å²) in [6.45, 7) is 5.59. The third kappa shape index (κ3) is 5.24. The maximum Gasteiger partial charge on any atom is 0.310 e. The van der Waals surface area contributed by atoms with E-state index in [1.165, 1.54) is 7.11 Å². The molecule has 0 aliphatic carbocycles. The molecule has 1 fully saturated rings. The van der Waals surface area contributed by atoms with Gasteiger partial charge in [0.25, 0.3) is 0 Å². The Labute approximate surface area is 126 Å². The van der Waals surface area contributed by atoms with Crippen molar-refractivity contribution in [3.63, 3.8) is 0 Å². The minimum absolute atomic E-state index is 0.182. The fourth-order valence-electron chi connectivity index (χ4n) is 2.25. The van der Waals surface area contributed by atoms with Gasteiger partial charge in [-0.2, -0.15) is 0 Å². The zero-order valence-electron chi connectivity index (χ0n) is 13.3. The Balaban J connectivity index is 2.39. The van der Waals surface area contributed by atoms with Gasteiger partial charge in [-0.05, 0) is 6.42 Å². The summed E-state index contributed by atoms with van der Waals surface area (Å²) in [5.41, 5.74) is 0. The number of nitrogens with one attached hydrogen (secondary N) is 2. The molecule has 2 atom stereocenters. The number of amides is 1. The number of likely N-dealkylation sites (tertiary alicyclic amines) is 1. The minimum Gasteiger partial charge on any atom is -0.469 e. The van der Waals surface area contributed by atoms with Gasteiger partial charge in [-0.3, -0.25) is 14.6 Å². The fraction of sp³-hybridized carbons (Fsp3) is 0.786. The van der Waals surface area contributed by atoms with E-state index in [0.29, 0.717) is 25.5 Å². The molecule has 1 aliphatic rings. The Morgan fingerprint density at radius 2 is 2.19 bits per heavy atom. The van der Waals surface area contributed by atoms with Crippen LogP contribution in [0.2, 0.25) is 0 Å². The number of ether oxygens (including phenoxy) is 1. The van der Waals surface area contributed by atoms with Crippen molar-refractivity contribution < 1.29 is 14.3 Å². The van der Waals surface area contributed by atoms with Crippen LogP contribution in [-0.4, -0.2) is 62.6 Å². The zero-order valence-corrected chi connectivity index (χ0v) is 13.3. The van der Waals surface area contributed by atoms with Crippen LogP contribution in [0.1, 0.15) is 26.7 Å². The number of carbonyl (C=O) groups excluding carboxylic acids is 2. The highest BCUT2D eigenvalue weighted by atomic mass is 16.5. The molecule has 120 valence electrons. The molecule has 1 amide bonds. The highest BCUT2D eigenvalue weighted by Gasteiger charge is 2.26. The Hall–Kier alpha value is -1.79. The van der Waals surface area contributed by atoms with Crippen molar-refractivity contribution in [3.8, 4) is 0 Å². The van der Waals surface area contributed by atoms with Gasteiger partial charge < -0.3 is 20.3 Å². The van der Waals surface area contributed by atoms with Crippen LogP contribution < -0.4 is 10.6 Å². The van der Waals surface area contributed by atoms with Gasteiger partial charge in [-0.1, -0.05) is 13.8 Å². The van der Waals surface area contributed by atoms with Gasteiger partial charge in [0.05, 0.1) is 13.0 Å². The van der Waals surface area contributed by atoms with Crippen LogP contribution in [0.4, 0.5) is 0 Å². The van der Waals surface area contributed by atoms with Gasteiger partial charge in [-0.25, -0.2) is 0 Å². The molecule has 0 aromatic heterocycles. The molecular weight excluding hydrogens is 272 g/mol. The summed E-state index contributed by atoms with van der Waals surface area (Å²) >= 11 is 0. The average Bonchev–Trinajstić information content (AvgIpc) is 2.97. The van der Waals surface area contributed by atoms with Crippen molar-refractivity contribution in [2.45, 2.75) is 32.7 Å². The smallest absolute Gasteiger partial charge is 0.310 e. The Bertz CT molecular complexity index is 398. The lowest BCUT2D eigenvalue weighted by Crippen LogP contribution is -2.46. The lowest BCUT2D eigenvalue weighted by atomic mass is 10.2. The van der Waals surface area contributed by atoms with Gasteiger partial charge >= 0.3 is 5.97 Å². The second-order valence-corrected chi connectivity index (χ2v) is 5.20. The van der Waals surface area contributed by atoms with E-state index < -0.39 is 0 Å². The summed E-state index contributed by atoms with van der Waals surface area (Å²) in [6.07, 6.45) is 1.44. The van der Waals surface area contributed by atoms with E-state index in [1.807, 2.05) is 11.8 Å². The summed E-state index contributed by atoms with van der Waals surface area (Å²) in [6, 6.07) is 0.195. The van der Waals surface area contributed by atoms with Crippen LogP contribution in [0.5, 0.6) is 0 Å². The van der Waals surface area contributed by atoms with E-state index in [0.717, 1.165) is 13.0 Å². The average molecular weight is 298 g/mol. The van der Waals surface area contributed by atoms with E-state index in [4.69, 9.17) is 0 Å². The second kappa shape index (κ2) is 8.49. The predicted octanol–water partition coefficient (Wildman–Crippen LogP) is -0.0286. The molecule has 1 heterocycles. The number of carbonyl (C=O) groups is 2. The van der Waals surface area contributed by atoms with E-state index >= 15 is 0 Å². The lowest BCUT2D eigenvalue weighted by molar-refractivity contribution is -0.144. The quantitative estimate of drug-likeness (QED) is 0.423. The third-order valence-corrected chi connectivity index (χ3v) is 3.59. The summed E-state index contributed by atoms with van der Waals surface area (Å²) in [4.78, 5) is 29.0. The molecule has 7 nitrogen and oxygen atoms in total. The van der Waals surface area contributed by atoms with Crippen LogP contribution in [0.15, 0.2) is 4.99 Å².